The van der Waals surface area contributed by atoms with Gasteiger partial charge in [0.25, 0.3) is 0 Å². The van der Waals surface area contributed by atoms with Gasteiger partial charge in [0.1, 0.15) is 34.2 Å². The van der Waals surface area contributed by atoms with Crippen molar-refractivity contribution in [3.63, 3.8) is 0 Å². The molecule has 0 bridgehead atoms. The van der Waals surface area contributed by atoms with Crippen LogP contribution in [0, 0.1) is 0 Å². The van der Waals surface area contributed by atoms with Crippen molar-refractivity contribution in [2.75, 3.05) is 41.7 Å². The largest absolute Gasteiger partial charge is 0.497 e. The highest BCUT2D eigenvalue weighted by Gasteiger charge is 2.49. The first-order valence-corrected chi connectivity index (χ1v) is 18.7. The van der Waals surface area contributed by atoms with Crippen molar-refractivity contribution in [3.8, 4) is 23.0 Å². The lowest BCUT2D eigenvalue weighted by Gasteiger charge is -2.46. The molecule has 0 radical (unpaired) electrons. The van der Waals surface area contributed by atoms with Gasteiger partial charge < -0.3 is 33.2 Å². The highest BCUT2D eigenvalue weighted by molar-refractivity contribution is 5.55. The van der Waals surface area contributed by atoms with Crippen LogP contribution in [0.4, 0.5) is 0 Å². The smallest absolute Gasteiger partial charge is 0.145 e. The Morgan fingerprint density at radius 1 is 0.382 bits per heavy atom. The van der Waals surface area contributed by atoms with Crippen LogP contribution in [0.2, 0.25) is 0 Å². The van der Waals surface area contributed by atoms with E-state index in [1.54, 1.807) is 28.4 Å². The molecule has 0 aliphatic carbocycles. The average molecular weight is 735 g/mol. The number of hydrogen-bond donors (Lipinski definition) is 0. The maximum absolute atomic E-state index is 8.29. The Labute approximate surface area is 323 Å². The second-order valence-electron chi connectivity index (χ2n) is 14.1. The van der Waals surface area contributed by atoms with Crippen molar-refractivity contribution in [2.45, 2.75) is 36.3 Å². The normalized spacial score (nSPS) is 16.3. The zero-order chi connectivity index (χ0) is 37.8. The molecule has 2 fully saturated rings. The Morgan fingerprint density at radius 2 is 0.600 bits per heavy atom. The third kappa shape index (κ3) is 7.43. The molecule has 0 amide bonds. The van der Waals surface area contributed by atoms with Crippen LogP contribution in [0.3, 0.4) is 0 Å². The second-order valence-corrected chi connectivity index (χ2v) is 14.1. The summed E-state index contributed by atoms with van der Waals surface area (Å²) in [5, 5.41) is 0. The van der Waals surface area contributed by atoms with E-state index in [2.05, 4.69) is 97.1 Å². The first kappa shape index (κ1) is 36.4. The van der Waals surface area contributed by atoms with E-state index in [0.29, 0.717) is 0 Å². The monoisotopic (exact) mass is 734 g/mol. The molecule has 55 heavy (non-hydrogen) atoms. The maximum atomic E-state index is 8.29. The van der Waals surface area contributed by atoms with E-state index in [1.165, 1.54) is 11.1 Å². The van der Waals surface area contributed by atoms with Crippen molar-refractivity contribution >= 4 is 0 Å². The van der Waals surface area contributed by atoms with Crippen LogP contribution in [0.25, 0.3) is 0 Å². The van der Waals surface area contributed by atoms with Gasteiger partial charge in [0.2, 0.25) is 0 Å². The fraction of sp³-hybridized carbons (Fsp3) is 0.250. The van der Waals surface area contributed by atoms with Crippen LogP contribution < -0.4 is 18.9 Å². The average Bonchev–Trinajstić information content (AvgIpc) is 4.21. The summed E-state index contributed by atoms with van der Waals surface area (Å²) < 4.78 is 42.2. The van der Waals surface area contributed by atoms with E-state index >= 15 is 0 Å². The number of epoxide rings is 2. The van der Waals surface area contributed by atoms with Crippen molar-refractivity contribution in [1.82, 2.24) is 0 Å². The molecule has 6 aromatic rings. The van der Waals surface area contributed by atoms with Gasteiger partial charge in [0.15, 0.2) is 0 Å². The zero-order valence-corrected chi connectivity index (χ0v) is 31.7. The third-order valence-electron chi connectivity index (χ3n) is 10.7. The van der Waals surface area contributed by atoms with E-state index in [1.807, 2.05) is 48.5 Å². The van der Waals surface area contributed by atoms with Gasteiger partial charge in [-0.3, -0.25) is 0 Å². The first-order chi connectivity index (χ1) is 27.0. The van der Waals surface area contributed by atoms with Gasteiger partial charge in [-0.1, -0.05) is 97.1 Å². The molecular formula is C48H46O7. The highest BCUT2D eigenvalue weighted by Crippen LogP contribution is 2.52. The second kappa shape index (κ2) is 15.6. The van der Waals surface area contributed by atoms with Crippen molar-refractivity contribution in [1.29, 1.82) is 0 Å². The molecule has 0 N–H and O–H groups in total. The molecular weight excluding hydrogens is 689 g/mol. The van der Waals surface area contributed by atoms with E-state index in [-0.39, 0.29) is 12.2 Å². The number of ether oxygens (including phenoxy) is 7. The molecule has 0 unspecified atom stereocenters. The zero-order valence-electron chi connectivity index (χ0n) is 31.7. The quantitative estimate of drug-likeness (QED) is 0.0727. The van der Waals surface area contributed by atoms with Crippen molar-refractivity contribution < 1.29 is 33.2 Å². The molecule has 0 aromatic heterocycles. The van der Waals surface area contributed by atoms with Gasteiger partial charge in [0.05, 0.1) is 53.9 Å². The van der Waals surface area contributed by atoms with Crippen LogP contribution in [0.1, 0.15) is 44.5 Å². The molecule has 2 aliphatic rings. The van der Waals surface area contributed by atoms with E-state index in [9.17, 15) is 0 Å². The minimum absolute atomic E-state index is 0.266. The Bertz CT molecular complexity index is 1900. The lowest BCUT2D eigenvalue weighted by Crippen LogP contribution is -2.44. The molecule has 280 valence electrons. The molecule has 7 heteroatoms. The fourth-order valence-corrected chi connectivity index (χ4v) is 7.53. The van der Waals surface area contributed by atoms with E-state index in [0.717, 1.165) is 82.4 Å². The summed E-state index contributed by atoms with van der Waals surface area (Å²) in [6.45, 7) is 1.59. The van der Waals surface area contributed by atoms with Gasteiger partial charge in [-0.25, -0.2) is 0 Å². The van der Waals surface area contributed by atoms with E-state index in [4.69, 9.17) is 33.2 Å². The number of benzene rings is 6. The SMILES string of the molecule is COc1ccc(C(OC(c2ccc(C[C@H]3CO3)cc2)(c2ccc(OC)cc2)c2ccc(OC)cc2)(c2ccc(C[C@H]3CO3)cc2)c2ccc(OC)cc2)cc1. The number of hydrogen-bond acceptors (Lipinski definition) is 7. The van der Waals surface area contributed by atoms with Gasteiger partial charge in [0, 0.05) is 12.8 Å². The minimum atomic E-state index is -1.19. The summed E-state index contributed by atoms with van der Waals surface area (Å²) in [4.78, 5) is 0. The molecule has 2 saturated heterocycles. The van der Waals surface area contributed by atoms with Crippen LogP contribution in [-0.4, -0.2) is 53.9 Å². The van der Waals surface area contributed by atoms with Crippen LogP contribution in [0.5, 0.6) is 23.0 Å². The molecule has 2 heterocycles. The Balaban J connectivity index is 1.44. The Morgan fingerprint density at radius 3 is 0.800 bits per heavy atom. The molecule has 2 aliphatic heterocycles. The number of methoxy groups -OCH3 is 4. The van der Waals surface area contributed by atoms with Gasteiger partial charge in [-0.15, -0.1) is 0 Å². The Kier molecular flexibility index (Phi) is 10.3. The van der Waals surface area contributed by atoms with Crippen molar-refractivity contribution in [3.05, 3.63) is 190 Å². The predicted octanol–water partition coefficient (Wildman–Crippen LogP) is 8.90. The minimum Gasteiger partial charge on any atom is -0.497 e. The summed E-state index contributed by atoms with van der Waals surface area (Å²) in [7, 11) is 6.73. The summed E-state index contributed by atoms with van der Waals surface area (Å²) in [6.07, 6.45) is 2.25. The summed E-state index contributed by atoms with van der Waals surface area (Å²) in [5.74, 6) is 3.00. The summed E-state index contributed by atoms with van der Waals surface area (Å²) >= 11 is 0. The lowest BCUT2D eigenvalue weighted by atomic mass is 9.75. The van der Waals surface area contributed by atoms with Crippen LogP contribution in [-0.2, 0) is 38.3 Å². The standard InChI is InChI=1S/C48H46O7/c1-49-41-21-13-37(14-22-41)47(38-15-23-42(50-2)24-16-38,35-9-5-33(6-10-35)29-45-31-53-45)55-48(39-17-25-43(51-3)26-18-39,40-19-27-44(52-4)28-20-40)36-11-7-34(8-12-36)30-46-32-54-46/h5-28,45-46H,29-32H2,1-4H3/t45-,46-/m0/s1. The molecule has 0 saturated carbocycles. The molecule has 8 rings (SSSR count). The predicted molar refractivity (Wildman–Crippen MR) is 213 cm³/mol. The molecule has 6 aromatic carbocycles. The lowest BCUT2D eigenvalue weighted by molar-refractivity contribution is -0.0811. The highest BCUT2D eigenvalue weighted by atomic mass is 16.6. The summed E-state index contributed by atoms with van der Waals surface area (Å²) in [5.41, 5.74) is 5.64. The number of rotatable bonds is 16. The summed E-state index contributed by atoms with van der Waals surface area (Å²) in [6, 6.07) is 50.3. The fourth-order valence-electron chi connectivity index (χ4n) is 7.53. The first-order valence-electron chi connectivity index (χ1n) is 18.7. The molecule has 2 atom stereocenters. The van der Waals surface area contributed by atoms with Crippen molar-refractivity contribution in [2.24, 2.45) is 0 Å². The van der Waals surface area contributed by atoms with Gasteiger partial charge in [-0.05, 0) is 93.0 Å². The van der Waals surface area contributed by atoms with Crippen LogP contribution in [0.15, 0.2) is 146 Å². The molecule has 7 nitrogen and oxygen atoms in total. The third-order valence-corrected chi connectivity index (χ3v) is 10.7. The van der Waals surface area contributed by atoms with Crippen LogP contribution >= 0.6 is 0 Å². The van der Waals surface area contributed by atoms with Gasteiger partial charge >= 0.3 is 0 Å². The molecule has 0 spiro atoms. The maximum Gasteiger partial charge on any atom is 0.145 e. The topological polar surface area (TPSA) is 71.2 Å². The van der Waals surface area contributed by atoms with Gasteiger partial charge in [-0.2, -0.15) is 0 Å². The Hall–Kier alpha value is -5.60. The van der Waals surface area contributed by atoms with E-state index < -0.39 is 11.2 Å².